The van der Waals surface area contributed by atoms with Crippen molar-refractivity contribution in [3.05, 3.63) is 29.5 Å². The molecule has 0 bridgehead atoms. The number of carbonyl (C=O) groups excluding carboxylic acids is 1. The average Bonchev–Trinajstić information content (AvgIpc) is 2.93. The number of esters is 1. The highest BCUT2D eigenvalue weighted by Gasteiger charge is 2.19. The van der Waals surface area contributed by atoms with E-state index in [4.69, 9.17) is 10.5 Å². The highest BCUT2D eigenvalue weighted by atomic mass is 16.5. The minimum Gasteiger partial charge on any atom is -0.461 e. The highest BCUT2D eigenvalue weighted by molar-refractivity contribution is 5.92. The van der Waals surface area contributed by atoms with E-state index in [0.717, 1.165) is 5.56 Å². The van der Waals surface area contributed by atoms with Crippen molar-refractivity contribution in [3.8, 4) is 0 Å². The molecule has 3 N–H and O–H groups in total. The van der Waals surface area contributed by atoms with Crippen molar-refractivity contribution >= 4 is 11.8 Å². The van der Waals surface area contributed by atoms with Crippen molar-refractivity contribution < 1.29 is 9.53 Å². The molecule has 0 amide bonds. The molecule has 0 saturated carbocycles. The maximum atomic E-state index is 11.6. The van der Waals surface area contributed by atoms with E-state index in [9.17, 15) is 4.79 Å². The standard InChI is InChI=1S/C11H15N5O2/c1-3-18-11(17)9-10(12)16(7(2)15-9)6-8-4-13-14-5-8/h4-5H,3,6,12H2,1-2H3,(H,13,14). The largest absolute Gasteiger partial charge is 0.461 e. The van der Waals surface area contributed by atoms with Crippen LogP contribution >= 0.6 is 0 Å². The van der Waals surface area contributed by atoms with Crippen LogP contribution in [0.15, 0.2) is 12.4 Å². The lowest BCUT2D eigenvalue weighted by Gasteiger charge is -2.05. The minimum absolute atomic E-state index is 0.165. The molecular formula is C11H15N5O2. The number of H-pyrrole nitrogens is 1. The number of nitrogen functional groups attached to an aromatic ring is 1. The molecule has 0 atom stereocenters. The molecule has 0 spiro atoms. The summed E-state index contributed by atoms with van der Waals surface area (Å²) < 4.78 is 6.65. The molecule has 18 heavy (non-hydrogen) atoms. The lowest BCUT2D eigenvalue weighted by Crippen LogP contribution is -2.10. The molecule has 0 aliphatic carbocycles. The van der Waals surface area contributed by atoms with Crippen LogP contribution in [0.25, 0.3) is 0 Å². The second-order valence-electron chi connectivity index (χ2n) is 3.81. The fraction of sp³-hybridized carbons (Fsp3) is 0.364. The Labute approximate surface area is 104 Å². The van der Waals surface area contributed by atoms with Gasteiger partial charge in [-0.1, -0.05) is 0 Å². The van der Waals surface area contributed by atoms with E-state index in [1.165, 1.54) is 0 Å². The van der Waals surface area contributed by atoms with E-state index in [0.29, 0.717) is 24.8 Å². The van der Waals surface area contributed by atoms with E-state index in [1.807, 2.05) is 0 Å². The average molecular weight is 249 g/mol. The zero-order valence-electron chi connectivity index (χ0n) is 10.3. The summed E-state index contributed by atoms with van der Waals surface area (Å²) in [5.74, 6) is 0.480. The van der Waals surface area contributed by atoms with Gasteiger partial charge in [0.25, 0.3) is 0 Å². The molecule has 0 saturated heterocycles. The van der Waals surface area contributed by atoms with Gasteiger partial charge in [-0.05, 0) is 13.8 Å². The molecule has 0 aliphatic heterocycles. The first-order valence-electron chi connectivity index (χ1n) is 5.60. The van der Waals surface area contributed by atoms with Gasteiger partial charge < -0.3 is 15.0 Å². The minimum atomic E-state index is -0.496. The van der Waals surface area contributed by atoms with Crippen molar-refractivity contribution in [2.24, 2.45) is 0 Å². The topological polar surface area (TPSA) is 98.8 Å². The molecular weight excluding hydrogens is 234 g/mol. The number of aryl methyl sites for hydroxylation is 1. The molecule has 0 radical (unpaired) electrons. The summed E-state index contributed by atoms with van der Waals surface area (Å²) >= 11 is 0. The van der Waals surface area contributed by atoms with E-state index >= 15 is 0 Å². The van der Waals surface area contributed by atoms with Gasteiger partial charge in [0.15, 0.2) is 5.69 Å². The Morgan fingerprint density at radius 3 is 3.00 bits per heavy atom. The van der Waals surface area contributed by atoms with Gasteiger partial charge in [-0.2, -0.15) is 5.10 Å². The van der Waals surface area contributed by atoms with Crippen LogP contribution in [-0.2, 0) is 11.3 Å². The first kappa shape index (κ1) is 12.2. The third-order valence-electron chi connectivity index (χ3n) is 2.56. The van der Waals surface area contributed by atoms with Crippen LogP contribution in [-0.4, -0.2) is 32.3 Å². The Balaban J connectivity index is 2.29. The quantitative estimate of drug-likeness (QED) is 0.778. The van der Waals surface area contributed by atoms with Crippen LogP contribution in [0.4, 0.5) is 5.82 Å². The molecule has 0 aromatic carbocycles. The zero-order valence-corrected chi connectivity index (χ0v) is 10.3. The molecule has 2 heterocycles. The number of ether oxygens (including phenoxy) is 1. The smallest absolute Gasteiger partial charge is 0.360 e. The summed E-state index contributed by atoms with van der Waals surface area (Å²) in [6.07, 6.45) is 3.46. The number of rotatable bonds is 4. The summed E-state index contributed by atoms with van der Waals surface area (Å²) in [4.78, 5) is 15.8. The zero-order chi connectivity index (χ0) is 13.1. The molecule has 2 aromatic rings. The van der Waals surface area contributed by atoms with Crippen LogP contribution in [0.3, 0.4) is 0 Å². The maximum Gasteiger partial charge on any atom is 0.360 e. The number of aromatic nitrogens is 4. The monoisotopic (exact) mass is 249 g/mol. The third-order valence-corrected chi connectivity index (χ3v) is 2.56. The Morgan fingerprint density at radius 2 is 2.39 bits per heavy atom. The van der Waals surface area contributed by atoms with Crippen molar-refractivity contribution in [3.63, 3.8) is 0 Å². The lowest BCUT2D eigenvalue weighted by molar-refractivity contribution is 0.0521. The summed E-state index contributed by atoms with van der Waals surface area (Å²) in [7, 11) is 0. The Morgan fingerprint density at radius 1 is 1.61 bits per heavy atom. The fourth-order valence-electron chi connectivity index (χ4n) is 1.68. The van der Waals surface area contributed by atoms with Crippen LogP contribution in [0, 0.1) is 6.92 Å². The number of imidazole rings is 1. The van der Waals surface area contributed by atoms with Crippen molar-refractivity contribution in [2.45, 2.75) is 20.4 Å². The molecule has 96 valence electrons. The van der Waals surface area contributed by atoms with Crippen LogP contribution in [0.5, 0.6) is 0 Å². The Hall–Kier alpha value is -2.31. The van der Waals surface area contributed by atoms with Gasteiger partial charge in [0.2, 0.25) is 0 Å². The van der Waals surface area contributed by atoms with Crippen molar-refractivity contribution in [1.82, 2.24) is 19.7 Å². The van der Waals surface area contributed by atoms with Gasteiger partial charge in [0, 0.05) is 11.8 Å². The SMILES string of the molecule is CCOC(=O)c1nc(C)n(Cc2cn[nH]c2)c1N. The van der Waals surface area contributed by atoms with Gasteiger partial charge in [-0.25, -0.2) is 9.78 Å². The molecule has 2 aromatic heterocycles. The van der Waals surface area contributed by atoms with Gasteiger partial charge in [-0.3, -0.25) is 5.10 Å². The van der Waals surface area contributed by atoms with Crippen LogP contribution in [0.1, 0.15) is 28.8 Å². The van der Waals surface area contributed by atoms with Crippen molar-refractivity contribution in [2.75, 3.05) is 12.3 Å². The number of hydrogen-bond donors (Lipinski definition) is 2. The number of hydrogen-bond acceptors (Lipinski definition) is 5. The van der Waals surface area contributed by atoms with Crippen molar-refractivity contribution in [1.29, 1.82) is 0 Å². The summed E-state index contributed by atoms with van der Waals surface area (Å²) in [6.45, 7) is 4.34. The molecule has 0 aliphatic rings. The summed E-state index contributed by atoms with van der Waals surface area (Å²) in [5, 5.41) is 6.58. The number of nitrogens with one attached hydrogen (secondary N) is 1. The molecule has 0 fully saturated rings. The molecule has 2 rings (SSSR count). The third kappa shape index (κ3) is 2.20. The number of anilines is 1. The summed E-state index contributed by atoms with van der Waals surface area (Å²) in [6, 6.07) is 0. The first-order valence-corrected chi connectivity index (χ1v) is 5.60. The van der Waals surface area contributed by atoms with Crippen LogP contribution in [0.2, 0.25) is 0 Å². The van der Waals surface area contributed by atoms with E-state index in [2.05, 4.69) is 15.2 Å². The number of nitrogens with two attached hydrogens (primary N) is 1. The highest BCUT2D eigenvalue weighted by Crippen LogP contribution is 2.17. The maximum absolute atomic E-state index is 11.6. The number of nitrogens with zero attached hydrogens (tertiary/aromatic N) is 3. The Bertz CT molecular complexity index is 544. The predicted molar refractivity (Wildman–Crippen MR) is 65.0 cm³/mol. The molecule has 0 unspecified atom stereocenters. The van der Waals surface area contributed by atoms with Gasteiger partial charge in [-0.15, -0.1) is 0 Å². The second-order valence-corrected chi connectivity index (χ2v) is 3.81. The fourth-order valence-corrected chi connectivity index (χ4v) is 1.68. The Kier molecular flexibility index (Phi) is 3.31. The summed E-state index contributed by atoms with van der Waals surface area (Å²) in [5.41, 5.74) is 7.04. The van der Waals surface area contributed by atoms with E-state index in [1.54, 1.807) is 30.8 Å². The predicted octanol–water partition coefficient (Wildman–Crippen LogP) is 0.722. The first-order chi connectivity index (χ1) is 8.63. The lowest BCUT2D eigenvalue weighted by atomic mass is 10.3. The van der Waals surface area contributed by atoms with Gasteiger partial charge in [0.1, 0.15) is 11.6 Å². The van der Waals surface area contributed by atoms with Gasteiger partial charge in [0.05, 0.1) is 19.3 Å². The normalized spacial score (nSPS) is 10.6. The number of carbonyl (C=O) groups is 1. The molecule has 7 heteroatoms. The number of aromatic amines is 1. The van der Waals surface area contributed by atoms with E-state index in [-0.39, 0.29) is 5.69 Å². The second kappa shape index (κ2) is 4.91. The van der Waals surface area contributed by atoms with E-state index < -0.39 is 5.97 Å². The van der Waals surface area contributed by atoms with Crippen LogP contribution < -0.4 is 5.73 Å². The van der Waals surface area contributed by atoms with Gasteiger partial charge >= 0.3 is 5.97 Å². The molecule has 7 nitrogen and oxygen atoms in total.